The van der Waals surface area contributed by atoms with Gasteiger partial charge in [0, 0.05) is 23.8 Å². The van der Waals surface area contributed by atoms with Crippen LogP contribution in [0.25, 0.3) is 22.3 Å². The van der Waals surface area contributed by atoms with Gasteiger partial charge in [-0.2, -0.15) is 0 Å². The molecule has 0 amide bonds. The summed E-state index contributed by atoms with van der Waals surface area (Å²) in [5.41, 5.74) is 9.78. The Labute approximate surface area is 208 Å². The third-order valence-electron chi connectivity index (χ3n) is 5.53. The smallest absolute Gasteiger partial charge is 0.163 e. The van der Waals surface area contributed by atoms with Gasteiger partial charge in [-0.1, -0.05) is 23.2 Å². The average Bonchev–Trinajstić information content (AvgIpc) is 2.73. The van der Waals surface area contributed by atoms with Gasteiger partial charge in [0.15, 0.2) is 11.5 Å². The SMILES string of the molecule is CC(=O)c1cnc2ccc(-c3cc(Cl)c(O)c(Cl)c3)nc2c1N[C@H]1CC[C@H](N)CC1.Cl.Cl. The standard InChI is InChI=1S/C22H22Cl2N4O2.2ClH/c1-11(29)15-10-26-19-7-6-18(12-8-16(23)22(30)17(24)9-12)28-21(19)20(15)27-14-4-2-13(25)3-5-14;;/h6-10,13-14,30H,2-5,25H2,1H3,(H,26,27);2*1H/t13-,14-;;. The Morgan fingerprint density at radius 2 is 1.75 bits per heavy atom. The van der Waals surface area contributed by atoms with E-state index >= 15 is 0 Å². The Morgan fingerprint density at radius 1 is 1.12 bits per heavy atom. The van der Waals surface area contributed by atoms with Gasteiger partial charge in [-0.05, 0) is 56.9 Å². The van der Waals surface area contributed by atoms with E-state index in [1.807, 2.05) is 12.1 Å². The first kappa shape index (κ1) is 26.4. The van der Waals surface area contributed by atoms with Gasteiger partial charge in [-0.25, -0.2) is 4.98 Å². The van der Waals surface area contributed by atoms with Crippen LogP contribution in [0.4, 0.5) is 5.69 Å². The fourth-order valence-corrected chi connectivity index (χ4v) is 4.31. The molecule has 0 aliphatic heterocycles. The molecule has 3 aromatic rings. The maximum absolute atomic E-state index is 12.3. The third-order valence-corrected chi connectivity index (χ3v) is 6.10. The van der Waals surface area contributed by atoms with Gasteiger partial charge in [0.25, 0.3) is 0 Å². The molecule has 2 aromatic heterocycles. The summed E-state index contributed by atoms with van der Waals surface area (Å²) in [6, 6.07) is 7.32. The van der Waals surface area contributed by atoms with E-state index in [4.69, 9.17) is 33.9 Å². The van der Waals surface area contributed by atoms with Gasteiger partial charge < -0.3 is 16.2 Å². The van der Waals surface area contributed by atoms with Gasteiger partial charge >= 0.3 is 0 Å². The van der Waals surface area contributed by atoms with Crippen molar-refractivity contribution >= 4 is 70.5 Å². The number of carbonyl (C=O) groups excluding carboxylic acids is 1. The van der Waals surface area contributed by atoms with Crippen molar-refractivity contribution in [1.82, 2.24) is 9.97 Å². The predicted molar refractivity (Wildman–Crippen MR) is 135 cm³/mol. The number of phenolic OH excluding ortho intramolecular Hbond substituents is 1. The number of hydrogen-bond donors (Lipinski definition) is 3. The number of pyridine rings is 2. The number of nitrogens with zero attached hydrogens (tertiary/aromatic N) is 2. The van der Waals surface area contributed by atoms with E-state index in [2.05, 4.69) is 10.3 Å². The molecule has 0 atom stereocenters. The van der Waals surface area contributed by atoms with E-state index in [1.54, 1.807) is 18.3 Å². The number of halogens is 4. The number of Topliss-reactive ketones (excluding diaryl/α,β-unsaturated/α-hetero) is 1. The molecule has 4 N–H and O–H groups in total. The lowest BCUT2D eigenvalue weighted by Gasteiger charge is -2.28. The lowest BCUT2D eigenvalue weighted by atomic mass is 9.91. The predicted octanol–water partition coefficient (Wildman–Crippen LogP) is 6.04. The number of aromatic nitrogens is 2. The minimum absolute atomic E-state index is 0. The molecule has 0 spiro atoms. The molecule has 0 unspecified atom stereocenters. The fraction of sp³-hybridized carbons (Fsp3) is 0.318. The Kier molecular flexibility index (Phi) is 8.97. The topological polar surface area (TPSA) is 101 Å². The first-order chi connectivity index (χ1) is 14.3. The summed E-state index contributed by atoms with van der Waals surface area (Å²) in [4.78, 5) is 21.5. The Balaban J connectivity index is 0.00000181. The molecule has 0 radical (unpaired) electrons. The Bertz CT molecular complexity index is 1110. The van der Waals surface area contributed by atoms with E-state index in [0.717, 1.165) is 25.7 Å². The summed E-state index contributed by atoms with van der Waals surface area (Å²) in [5.74, 6) is -0.247. The van der Waals surface area contributed by atoms with Crippen LogP contribution in [0.15, 0.2) is 30.5 Å². The van der Waals surface area contributed by atoms with Crippen molar-refractivity contribution in [3.05, 3.63) is 46.1 Å². The molecule has 1 aromatic carbocycles. The van der Waals surface area contributed by atoms with Crippen LogP contribution in [0.1, 0.15) is 43.0 Å². The second-order valence-corrected chi connectivity index (χ2v) is 8.53. The average molecular weight is 518 g/mol. The van der Waals surface area contributed by atoms with Gasteiger partial charge in [-0.3, -0.25) is 9.78 Å². The molecule has 10 heteroatoms. The van der Waals surface area contributed by atoms with Crippen molar-refractivity contribution in [3.8, 4) is 17.0 Å². The molecule has 6 nitrogen and oxygen atoms in total. The van der Waals surface area contributed by atoms with Crippen LogP contribution in [-0.2, 0) is 0 Å². The first-order valence-electron chi connectivity index (χ1n) is 9.84. The molecule has 4 rings (SSSR count). The highest BCUT2D eigenvalue weighted by atomic mass is 35.5. The van der Waals surface area contributed by atoms with Crippen molar-refractivity contribution < 1.29 is 9.90 Å². The highest BCUT2D eigenvalue weighted by Gasteiger charge is 2.22. The lowest BCUT2D eigenvalue weighted by Crippen LogP contribution is -2.33. The summed E-state index contributed by atoms with van der Waals surface area (Å²) in [5, 5.41) is 13.7. The van der Waals surface area contributed by atoms with Crippen LogP contribution < -0.4 is 11.1 Å². The highest BCUT2D eigenvalue weighted by Crippen LogP contribution is 2.37. The summed E-state index contributed by atoms with van der Waals surface area (Å²) in [6.07, 6.45) is 5.35. The number of benzene rings is 1. The minimum Gasteiger partial charge on any atom is -0.505 e. The summed E-state index contributed by atoms with van der Waals surface area (Å²) in [7, 11) is 0. The number of rotatable bonds is 4. The lowest BCUT2D eigenvalue weighted by molar-refractivity contribution is 0.101. The van der Waals surface area contributed by atoms with Crippen molar-refractivity contribution in [1.29, 1.82) is 0 Å². The summed E-state index contributed by atoms with van der Waals surface area (Å²) >= 11 is 12.2. The van der Waals surface area contributed by atoms with Crippen molar-refractivity contribution in [2.75, 3.05) is 5.32 Å². The number of nitrogens with one attached hydrogen (secondary N) is 1. The molecular weight excluding hydrogens is 494 g/mol. The van der Waals surface area contributed by atoms with Gasteiger partial charge in [0.1, 0.15) is 5.52 Å². The van der Waals surface area contributed by atoms with Crippen LogP contribution in [0, 0.1) is 0 Å². The number of ketones is 1. The monoisotopic (exact) mass is 516 g/mol. The molecular formula is C22H24Cl4N4O2. The second kappa shape index (κ2) is 10.9. The minimum atomic E-state index is -0.165. The number of nitrogens with two attached hydrogens (primary N) is 1. The zero-order chi connectivity index (χ0) is 21.4. The number of anilines is 1. The fourth-order valence-electron chi connectivity index (χ4n) is 3.82. The Morgan fingerprint density at radius 3 is 2.34 bits per heavy atom. The first-order valence-corrected chi connectivity index (χ1v) is 10.6. The van der Waals surface area contributed by atoms with Crippen molar-refractivity contribution in [2.45, 2.75) is 44.7 Å². The van der Waals surface area contributed by atoms with E-state index in [0.29, 0.717) is 33.5 Å². The third kappa shape index (κ3) is 5.38. The molecule has 32 heavy (non-hydrogen) atoms. The normalized spacial score (nSPS) is 17.9. The number of hydrogen-bond acceptors (Lipinski definition) is 6. The number of aromatic hydroxyl groups is 1. The van der Waals surface area contributed by atoms with E-state index < -0.39 is 0 Å². The number of phenols is 1. The highest BCUT2D eigenvalue weighted by molar-refractivity contribution is 6.37. The summed E-state index contributed by atoms with van der Waals surface area (Å²) < 4.78 is 0. The maximum Gasteiger partial charge on any atom is 0.163 e. The van der Waals surface area contributed by atoms with Gasteiger partial charge in [-0.15, -0.1) is 24.8 Å². The van der Waals surface area contributed by atoms with E-state index in [9.17, 15) is 9.90 Å². The van der Waals surface area contributed by atoms with E-state index in [1.165, 1.54) is 6.92 Å². The van der Waals surface area contributed by atoms with Crippen LogP contribution in [0.3, 0.4) is 0 Å². The molecule has 1 saturated carbocycles. The molecule has 1 aliphatic rings. The van der Waals surface area contributed by atoms with Crippen molar-refractivity contribution in [3.63, 3.8) is 0 Å². The zero-order valence-corrected chi connectivity index (χ0v) is 20.4. The number of carbonyl (C=O) groups is 1. The van der Waals surface area contributed by atoms with Crippen LogP contribution in [-0.4, -0.2) is 32.9 Å². The Hall–Kier alpha value is -1.83. The second-order valence-electron chi connectivity index (χ2n) is 7.71. The quantitative estimate of drug-likeness (QED) is 0.365. The summed E-state index contributed by atoms with van der Waals surface area (Å²) in [6.45, 7) is 1.52. The largest absolute Gasteiger partial charge is 0.505 e. The zero-order valence-electron chi connectivity index (χ0n) is 17.3. The number of fused-ring (bicyclic) bond motifs is 1. The molecule has 172 valence electrons. The van der Waals surface area contributed by atoms with Crippen LogP contribution in [0.5, 0.6) is 5.75 Å². The van der Waals surface area contributed by atoms with Crippen LogP contribution >= 0.6 is 48.0 Å². The van der Waals surface area contributed by atoms with Gasteiger partial charge in [0.2, 0.25) is 0 Å². The van der Waals surface area contributed by atoms with E-state index in [-0.39, 0.29) is 58.5 Å². The van der Waals surface area contributed by atoms with Crippen molar-refractivity contribution in [2.24, 2.45) is 5.73 Å². The van der Waals surface area contributed by atoms with Gasteiger partial charge in [0.05, 0.1) is 32.5 Å². The molecule has 0 saturated heterocycles. The van der Waals surface area contributed by atoms with Crippen LogP contribution in [0.2, 0.25) is 10.0 Å². The molecule has 1 fully saturated rings. The molecule has 1 aliphatic carbocycles. The molecule has 2 heterocycles. The molecule has 0 bridgehead atoms. The maximum atomic E-state index is 12.3.